The van der Waals surface area contributed by atoms with Gasteiger partial charge in [-0.15, -0.1) is 0 Å². The first-order chi connectivity index (χ1) is 9.15. The lowest BCUT2D eigenvalue weighted by atomic mass is 9.99. The molecule has 4 heteroatoms. The third kappa shape index (κ3) is 6.48. The Kier molecular flexibility index (Phi) is 7.34. The van der Waals surface area contributed by atoms with Gasteiger partial charge in [-0.3, -0.25) is 0 Å². The minimum Gasteiger partial charge on any atom is -0.338 e. The van der Waals surface area contributed by atoms with Crippen LogP contribution in [0.25, 0.3) is 0 Å². The van der Waals surface area contributed by atoms with E-state index in [2.05, 4.69) is 24.5 Å². The van der Waals surface area contributed by atoms with Crippen molar-refractivity contribution in [3.63, 3.8) is 0 Å². The fraction of sp³-hybridized carbons (Fsp3) is 0.533. The smallest absolute Gasteiger partial charge is 0.319 e. The molecule has 106 valence electrons. The Balaban J connectivity index is 2.32. The molecule has 0 spiro atoms. The van der Waals surface area contributed by atoms with Gasteiger partial charge < -0.3 is 10.6 Å². The minimum absolute atomic E-state index is 0.155. The second-order valence-corrected chi connectivity index (χ2v) is 5.19. The molecule has 1 aromatic carbocycles. The van der Waals surface area contributed by atoms with E-state index in [1.165, 1.54) is 19.3 Å². The van der Waals surface area contributed by atoms with Crippen LogP contribution in [0.2, 0.25) is 5.02 Å². The summed E-state index contributed by atoms with van der Waals surface area (Å²) >= 11 is 5.79. The van der Waals surface area contributed by atoms with Crippen LogP contribution in [-0.4, -0.2) is 12.6 Å². The number of hydrogen-bond acceptors (Lipinski definition) is 1. The van der Waals surface area contributed by atoms with Gasteiger partial charge in [0.1, 0.15) is 0 Å². The molecule has 0 unspecified atom stereocenters. The highest BCUT2D eigenvalue weighted by Gasteiger charge is 2.08. The maximum Gasteiger partial charge on any atom is 0.319 e. The van der Waals surface area contributed by atoms with Gasteiger partial charge in [0.25, 0.3) is 0 Å². The number of nitrogens with one attached hydrogen (secondary N) is 2. The van der Waals surface area contributed by atoms with Crippen LogP contribution in [0.5, 0.6) is 0 Å². The number of carbonyl (C=O) groups excluding carboxylic acids is 1. The Morgan fingerprint density at radius 2 is 1.95 bits per heavy atom. The van der Waals surface area contributed by atoms with Crippen molar-refractivity contribution in [2.24, 2.45) is 5.92 Å². The van der Waals surface area contributed by atoms with Crippen LogP contribution in [0.4, 0.5) is 10.5 Å². The van der Waals surface area contributed by atoms with Crippen LogP contribution in [0, 0.1) is 5.92 Å². The first-order valence-electron chi connectivity index (χ1n) is 6.96. The van der Waals surface area contributed by atoms with Gasteiger partial charge in [0.15, 0.2) is 0 Å². The Labute approximate surface area is 120 Å². The maximum atomic E-state index is 11.7. The molecule has 1 rings (SSSR count). The SMILES string of the molecule is CCCC[C@@H](CC)CNC(=O)Nc1ccc(Cl)cc1. The number of anilines is 1. The Bertz CT molecular complexity index is 378. The van der Waals surface area contributed by atoms with Crippen LogP contribution >= 0.6 is 11.6 Å². The van der Waals surface area contributed by atoms with E-state index in [4.69, 9.17) is 11.6 Å². The summed E-state index contributed by atoms with van der Waals surface area (Å²) in [5, 5.41) is 6.38. The van der Waals surface area contributed by atoms with Gasteiger partial charge in [0.05, 0.1) is 0 Å². The van der Waals surface area contributed by atoms with Crippen molar-refractivity contribution in [3.8, 4) is 0 Å². The summed E-state index contributed by atoms with van der Waals surface area (Å²) in [7, 11) is 0. The summed E-state index contributed by atoms with van der Waals surface area (Å²) in [4.78, 5) is 11.7. The third-order valence-electron chi connectivity index (χ3n) is 3.20. The van der Waals surface area contributed by atoms with Gasteiger partial charge in [-0.1, -0.05) is 44.7 Å². The van der Waals surface area contributed by atoms with Crippen LogP contribution < -0.4 is 10.6 Å². The van der Waals surface area contributed by atoms with E-state index < -0.39 is 0 Å². The van der Waals surface area contributed by atoms with Gasteiger partial charge in [0, 0.05) is 17.3 Å². The van der Waals surface area contributed by atoms with Crippen LogP contribution in [0.15, 0.2) is 24.3 Å². The average Bonchev–Trinajstić information content (AvgIpc) is 2.42. The fourth-order valence-corrected chi connectivity index (χ4v) is 2.01. The highest BCUT2D eigenvalue weighted by Crippen LogP contribution is 2.14. The van der Waals surface area contributed by atoms with Gasteiger partial charge in [-0.2, -0.15) is 0 Å². The molecule has 0 heterocycles. The standard InChI is InChI=1S/C15H23ClN2O/c1-3-5-6-12(4-2)11-17-15(19)18-14-9-7-13(16)8-10-14/h7-10,12H,3-6,11H2,1-2H3,(H2,17,18,19)/t12-/m1/s1. The van der Waals surface area contributed by atoms with Gasteiger partial charge in [-0.05, 0) is 36.6 Å². The lowest BCUT2D eigenvalue weighted by molar-refractivity contribution is 0.249. The molecule has 0 aliphatic carbocycles. The second-order valence-electron chi connectivity index (χ2n) is 4.76. The van der Waals surface area contributed by atoms with E-state index in [0.29, 0.717) is 10.9 Å². The summed E-state index contributed by atoms with van der Waals surface area (Å²) in [5.41, 5.74) is 0.753. The molecule has 0 radical (unpaired) electrons. The van der Waals surface area contributed by atoms with Crippen molar-refractivity contribution in [2.75, 3.05) is 11.9 Å². The molecule has 0 saturated carbocycles. The van der Waals surface area contributed by atoms with Gasteiger partial charge in [0.2, 0.25) is 0 Å². The lowest BCUT2D eigenvalue weighted by Crippen LogP contribution is -2.33. The lowest BCUT2D eigenvalue weighted by Gasteiger charge is -2.15. The van der Waals surface area contributed by atoms with Crippen molar-refractivity contribution < 1.29 is 4.79 Å². The van der Waals surface area contributed by atoms with Crippen molar-refractivity contribution >= 4 is 23.3 Å². The topological polar surface area (TPSA) is 41.1 Å². The Hall–Kier alpha value is -1.22. The molecule has 1 aromatic rings. The molecule has 0 aliphatic rings. The molecule has 0 bridgehead atoms. The fourth-order valence-electron chi connectivity index (χ4n) is 1.89. The number of amides is 2. The highest BCUT2D eigenvalue weighted by molar-refractivity contribution is 6.30. The first kappa shape index (κ1) is 15.8. The number of unbranched alkanes of at least 4 members (excludes halogenated alkanes) is 1. The highest BCUT2D eigenvalue weighted by atomic mass is 35.5. The van der Waals surface area contributed by atoms with E-state index in [1.807, 2.05) is 0 Å². The number of benzene rings is 1. The zero-order valence-corrected chi connectivity index (χ0v) is 12.5. The number of hydrogen-bond donors (Lipinski definition) is 2. The molecule has 3 nitrogen and oxygen atoms in total. The van der Waals surface area contributed by atoms with E-state index in [0.717, 1.165) is 18.7 Å². The molecule has 19 heavy (non-hydrogen) atoms. The quantitative estimate of drug-likeness (QED) is 0.749. The summed E-state index contributed by atoms with van der Waals surface area (Å²) in [6.07, 6.45) is 4.70. The number of halogens is 1. The Morgan fingerprint density at radius 3 is 2.53 bits per heavy atom. The monoisotopic (exact) mass is 282 g/mol. The summed E-state index contributed by atoms with van der Waals surface area (Å²) < 4.78 is 0. The summed E-state index contributed by atoms with van der Waals surface area (Å²) in [6, 6.07) is 6.94. The molecule has 2 amide bonds. The van der Waals surface area contributed by atoms with Crippen molar-refractivity contribution in [1.82, 2.24) is 5.32 Å². The van der Waals surface area contributed by atoms with E-state index >= 15 is 0 Å². The van der Waals surface area contributed by atoms with Crippen molar-refractivity contribution in [2.45, 2.75) is 39.5 Å². The Morgan fingerprint density at radius 1 is 1.26 bits per heavy atom. The average molecular weight is 283 g/mol. The molecule has 0 fully saturated rings. The number of urea groups is 1. The molecule has 0 aromatic heterocycles. The van der Waals surface area contributed by atoms with E-state index in [-0.39, 0.29) is 6.03 Å². The van der Waals surface area contributed by atoms with Crippen molar-refractivity contribution in [3.05, 3.63) is 29.3 Å². The predicted molar refractivity (Wildman–Crippen MR) is 81.8 cm³/mol. The summed E-state index contributed by atoms with van der Waals surface area (Å²) in [6.45, 7) is 5.09. The third-order valence-corrected chi connectivity index (χ3v) is 3.45. The normalized spacial score (nSPS) is 11.9. The molecule has 0 saturated heterocycles. The molecular weight excluding hydrogens is 260 g/mol. The predicted octanol–water partition coefficient (Wildman–Crippen LogP) is 4.68. The van der Waals surface area contributed by atoms with E-state index in [1.54, 1.807) is 24.3 Å². The maximum absolute atomic E-state index is 11.7. The zero-order chi connectivity index (χ0) is 14.1. The summed E-state index contributed by atoms with van der Waals surface area (Å²) in [5.74, 6) is 0.566. The van der Waals surface area contributed by atoms with Crippen molar-refractivity contribution in [1.29, 1.82) is 0 Å². The number of carbonyl (C=O) groups is 1. The molecule has 0 aliphatic heterocycles. The largest absolute Gasteiger partial charge is 0.338 e. The molecule has 2 N–H and O–H groups in total. The first-order valence-corrected chi connectivity index (χ1v) is 7.33. The zero-order valence-electron chi connectivity index (χ0n) is 11.7. The van der Waals surface area contributed by atoms with E-state index in [9.17, 15) is 4.79 Å². The number of rotatable bonds is 7. The second kappa shape index (κ2) is 8.81. The van der Waals surface area contributed by atoms with Crippen LogP contribution in [0.3, 0.4) is 0 Å². The van der Waals surface area contributed by atoms with Crippen LogP contribution in [0.1, 0.15) is 39.5 Å². The molecular formula is C15H23ClN2O. The van der Waals surface area contributed by atoms with Gasteiger partial charge in [-0.25, -0.2) is 4.79 Å². The molecule has 1 atom stereocenters. The van der Waals surface area contributed by atoms with Gasteiger partial charge >= 0.3 is 6.03 Å². The minimum atomic E-state index is -0.155. The van der Waals surface area contributed by atoms with Crippen LogP contribution in [-0.2, 0) is 0 Å².